The number of hydrogen-bond donors (Lipinski definition) is 1. The Balaban J connectivity index is 2.52. The van der Waals surface area contributed by atoms with E-state index in [-0.39, 0.29) is 0 Å². The van der Waals surface area contributed by atoms with Crippen molar-refractivity contribution in [3.63, 3.8) is 0 Å². The smallest absolute Gasteiger partial charge is 0.122 e. The number of aromatic amines is 1. The molecule has 0 radical (unpaired) electrons. The number of ether oxygens (including phenoxy) is 1. The van der Waals surface area contributed by atoms with Gasteiger partial charge in [-0.1, -0.05) is 0 Å². The molecular weight excluding hydrogens is 190 g/mol. The van der Waals surface area contributed by atoms with Crippen LogP contribution in [0.15, 0.2) is 24.4 Å². The number of hydrogen-bond acceptors (Lipinski definition) is 2. The first kappa shape index (κ1) is 9.77. The Morgan fingerprint density at radius 1 is 1.40 bits per heavy atom. The summed E-state index contributed by atoms with van der Waals surface area (Å²) >= 11 is 0. The molecule has 3 nitrogen and oxygen atoms in total. The van der Waals surface area contributed by atoms with Gasteiger partial charge in [0, 0.05) is 29.1 Å². The molecule has 15 heavy (non-hydrogen) atoms. The van der Waals surface area contributed by atoms with Gasteiger partial charge in [-0.2, -0.15) is 0 Å². The van der Waals surface area contributed by atoms with Crippen LogP contribution in [0.2, 0.25) is 0 Å². The second-order valence-electron chi connectivity index (χ2n) is 3.39. The average molecular weight is 203 g/mol. The zero-order valence-corrected chi connectivity index (χ0v) is 8.62. The van der Waals surface area contributed by atoms with Gasteiger partial charge in [0.15, 0.2) is 0 Å². The van der Waals surface area contributed by atoms with Crippen LogP contribution in [0.3, 0.4) is 0 Å². The highest BCUT2D eigenvalue weighted by atomic mass is 16.5. The number of nitrogens with one attached hydrogen (secondary N) is 1. The molecule has 0 atom stereocenters. The third-order valence-electron chi connectivity index (χ3n) is 2.54. The summed E-state index contributed by atoms with van der Waals surface area (Å²) in [6.07, 6.45) is 4.09. The molecule has 0 aliphatic rings. The number of aromatic nitrogens is 1. The number of aldehydes is 1. The third-order valence-corrected chi connectivity index (χ3v) is 2.54. The summed E-state index contributed by atoms with van der Waals surface area (Å²) in [5.41, 5.74) is 2.18. The van der Waals surface area contributed by atoms with E-state index in [1.165, 1.54) is 0 Å². The van der Waals surface area contributed by atoms with Crippen molar-refractivity contribution in [2.24, 2.45) is 0 Å². The molecule has 2 rings (SSSR count). The van der Waals surface area contributed by atoms with Gasteiger partial charge in [0.1, 0.15) is 12.0 Å². The molecule has 0 saturated carbocycles. The van der Waals surface area contributed by atoms with E-state index in [4.69, 9.17) is 4.74 Å². The van der Waals surface area contributed by atoms with Gasteiger partial charge in [0.2, 0.25) is 0 Å². The van der Waals surface area contributed by atoms with Crippen molar-refractivity contribution in [3.05, 3.63) is 30.0 Å². The lowest BCUT2D eigenvalue weighted by Crippen LogP contribution is -1.93. The number of methoxy groups -OCH3 is 1. The molecule has 0 unspecified atom stereocenters. The first-order valence-electron chi connectivity index (χ1n) is 4.93. The number of carbonyl (C=O) groups is 1. The first-order valence-corrected chi connectivity index (χ1v) is 4.93. The van der Waals surface area contributed by atoms with Crippen molar-refractivity contribution < 1.29 is 9.53 Å². The highest BCUT2D eigenvalue weighted by molar-refractivity contribution is 5.85. The fraction of sp³-hybridized carbons (Fsp3) is 0.250. The van der Waals surface area contributed by atoms with Crippen LogP contribution >= 0.6 is 0 Å². The molecule has 0 bridgehead atoms. The monoisotopic (exact) mass is 203 g/mol. The molecular formula is C12H13NO2. The zero-order valence-electron chi connectivity index (χ0n) is 8.62. The third kappa shape index (κ3) is 1.73. The second kappa shape index (κ2) is 4.17. The van der Waals surface area contributed by atoms with Gasteiger partial charge in [0.05, 0.1) is 7.11 Å². The highest BCUT2D eigenvalue weighted by Gasteiger charge is 2.08. The Kier molecular flexibility index (Phi) is 2.72. The van der Waals surface area contributed by atoms with E-state index in [0.717, 1.165) is 34.9 Å². The lowest BCUT2D eigenvalue weighted by molar-refractivity contribution is -0.107. The van der Waals surface area contributed by atoms with Gasteiger partial charge in [-0.05, 0) is 24.6 Å². The number of aryl methyl sites for hydroxylation is 1. The van der Waals surface area contributed by atoms with Gasteiger partial charge < -0.3 is 14.5 Å². The molecule has 0 spiro atoms. The number of benzene rings is 1. The summed E-state index contributed by atoms with van der Waals surface area (Å²) in [4.78, 5) is 13.5. The van der Waals surface area contributed by atoms with Gasteiger partial charge in [-0.3, -0.25) is 0 Å². The van der Waals surface area contributed by atoms with Crippen molar-refractivity contribution in [3.8, 4) is 5.75 Å². The summed E-state index contributed by atoms with van der Waals surface area (Å²) in [6.45, 7) is 0. The topological polar surface area (TPSA) is 42.1 Å². The number of carbonyl (C=O) groups excluding carboxylic acids is 1. The SMILES string of the molecule is COc1ccc2[nH]ccc2c1CCC=O. The molecule has 0 aliphatic heterocycles. The van der Waals surface area contributed by atoms with Gasteiger partial charge in [-0.15, -0.1) is 0 Å². The predicted molar refractivity (Wildman–Crippen MR) is 59.2 cm³/mol. The van der Waals surface area contributed by atoms with Crippen molar-refractivity contribution in [1.29, 1.82) is 0 Å². The average Bonchev–Trinajstić information content (AvgIpc) is 2.73. The first-order chi connectivity index (χ1) is 7.36. The molecule has 2 aromatic rings. The van der Waals surface area contributed by atoms with E-state index in [2.05, 4.69) is 4.98 Å². The molecule has 0 aliphatic carbocycles. The van der Waals surface area contributed by atoms with Crippen LogP contribution in [-0.2, 0) is 11.2 Å². The molecule has 3 heteroatoms. The Labute approximate surface area is 88.1 Å². The van der Waals surface area contributed by atoms with Crippen LogP contribution in [0.5, 0.6) is 5.75 Å². The fourth-order valence-corrected chi connectivity index (χ4v) is 1.83. The van der Waals surface area contributed by atoms with Crippen LogP contribution in [0.1, 0.15) is 12.0 Å². The highest BCUT2D eigenvalue weighted by Crippen LogP contribution is 2.28. The lowest BCUT2D eigenvalue weighted by atomic mass is 10.0. The molecule has 78 valence electrons. The summed E-state index contributed by atoms with van der Waals surface area (Å²) in [5, 5.41) is 1.14. The van der Waals surface area contributed by atoms with E-state index < -0.39 is 0 Å². The van der Waals surface area contributed by atoms with Crippen molar-refractivity contribution in [2.75, 3.05) is 7.11 Å². The Morgan fingerprint density at radius 3 is 3.00 bits per heavy atom. The van der Waals surface area contributed by atoms with Crippen molar-refractivity contribution in [2.45, 2.75) is 12.8 Å². The Bertz CT molecular complexity index is 473. The molecule has 0 saturated heterocycles. The van der Waals surface area contributed by atoms with Crippen molar-refractivity contribution >= 4 is 17.2 Å². The molecule has 1 heterocycles. The number of H-pyrrole nitrogens is 1. The molecule has 0 amide bonds. The van der Waals surface area contributed by atoms with Gasteiger partial charge in [-0.25, -0.2) is 0 Å². The second-order valence-corrected chi connectivity index (χ2v) is 3.39. The summed E-state index contributed by atoms with van der Waals surface area (Å²) in [7, 11) is 1.65. The lowest BCUT2D eigenvalue weighted by Gasteiger charge is -2.08. The maximum absolute atomic E-state index is 10.4. The largest absolute Gasteiger partial charge is 0.496 e. The molecule has 1 aromatic heterocycles. The summed E-state index contributed by atoms with van der Waals surface area (Å²) < 4.78 is 5.29. The van der Waals surface area contributed by atoms with E-state index >= 15 is 0 Å². The van der Waals surface area contributed by atoms with Crippen molar-refractivity contribution in [1.82, 2.24) is 4.98 Å². The van der Waals surface area contributed by atoms with E-state index in [0.29, 0.717) is 6.42 Å². The maximum Gasteiger partial charge on any atom is 0.122 e. The quantitative estimate of drug-likeness (QED) is 0.775. The Hall–Kier alpha value is -1.77. The van der Waals surface area contributed by atoms with Gasteiger partial charge >= 0.3 is 0 Å². The minimum atomic E-state index is 0.528. The Morgan fingerprint density at radius 2 is 2.27 bits per heavy atom. The van der Waals surface area contributed by atoms with Gasteiger partial charge in [0.25, 0.3) is 0 Å². The summed E-state index contributed by atoms with van der Waals surface area (Å²) in [5.74, 6) is 0.851. The standard InChI is InChI=1S/C12H13NO2/c1-15-12-5-4-11-9(6-7-13-11)10(12)3-2-8-14/h4-8,13H,2-3H2,1H3. The van der Waals surface area contributed by atoms with Crippen LogP contribution in [0, 0.1) is 0 Å². The number of fused-ring (bicyclic) bond motifs is 1. The zero-order chi connectivity index (χ0) is 10.7. The van der Waals surface area contributed by atoms with Crippen LogP contribution in [0.4, 0.5) is 0 Å². The summed E-state index contributed by atoms with van der Waals surface area (Å²) in [6, 6.07) is 5.93. The van der Waals surface area contributed by atoms with Crippen LogP contribution < -0.4 is 4.74 Å². The van der Waals surface area contributed by atoms with Crippen LogP contribution in [0.25, 0.3) is 10.9 Å². The normalized spacial score (nSPS) is 10.5. The molecule has 1 aromatic carbocycles. The maximum atomic E-state index is 10.4. The minimum absolute atomic E-state index is 0.528. The fourth-order valence-electron chi connectivity index (χ4n) is 1.83. The van der Waals surface area contributed by atoms with Crippen LogP contribution in [-0.4, -0.2) is 18.4 Å². The molecule has 0 fully saturated rings. The van der Waals surface area contributed by atoms with E-state index in [1.807, 2.05) is 24.4 Å². The predicted octanol–water partition coefficient (Wildman–Crippen LogP) is 2.31. The van der Waals surface area contributed by atoms with E-state index in [9.17, 15) is 4.79 Å². The minimum Gasteiger partial charge on any atom is -0.496 e. The number of rotatable bonds is 4. The molecule has 1 N–H and O–H groups in total. The van der Waals surface area contributed by atoms with E-state index in [1.54, 1.807) is 7.11 Å².